The van der Waals surface area contributed by atoms with Crippen LogP contribution in [0.15, 0.2) is 0 Å². The van der Waals surface area contributed by atoms with Crippen LogP contribution in [0, 0.1) is 0 Å². The molecule has 34 valence electrons. The molecule has 0 fully saturated rings. The van der Waals surface area contributed by atoms with E-state index >= 15 is 0 Å². The van der Waals surface area contributed by atoms with E-state index in [1.54, 1.807) is 0 Å². The normalized spacial score (nSPS) is 6.00. The molecule has 0 unspecified atom stereocenters. The van der Waals surface area contributed by atoms with Gasteiger partial charge in [-0.2, -0.15) is 0 Å². The molecule has 1 nitrogen and oxygen atoms in total. The first-order valence-electron chi connectivity index (χ1n) is 1.18. The minimum atomic E-state index is 0. The summed E-state index contributed by atoms with van der Waals surface area (Å²) in [5.74, 6) is 0. The molecule has 0 saturated carbocycles. The summed E-state index contributed by atoms with van der Waals surface area (Å²) >= 11 is 3.42. The van der Waals surface area contributed by atoms with Crippen molar-refractivity contribution < 1.29 is 4.18 Å². The monoisotopic (exact) mass is 206 g/mol. The van der Waals surface area contributed by atoms with Gasteiger partial charge in [0.25, 0.3) is 0 Å². The molecule has 0 radical (unpaired) electrons. The fraction of sp³-hybridized carbons (Fsp3) is 1.00. The van der Waals surface area contributed by atoms with Gasteiger partial charge in [0.15, 0.2) is 0 Å². The van der Waals surface area contributed by atoms with Crippen molar-refractivity contribution in [3.63, 3.8) is 0 Å². The summed E-state index contributed by atoms with van der Waals surface area (Å²) < 4.78 is 4.24. The van der Waals surface area contributed by atoms with Crippen LogP contribution < -0.4 is 0 Å². The quantitative estimate of drug-likeness (QED) is 0.388. The molecule has 5 heavy (non-hydrogen) atoms. The first-order valence-corrected chi connectivity index (χ1v) is 1.54. The molecule has 0 spiro atoms. The van der Waals surface area contributed by atoms with Gasteiger partial charge < -0.3 is 4.18 Å². The van der Waals surface area contributed by atoms with E-state index in [4.69, 9.17) is 0 Å². The van der Waals surface area contributed by atoms with Gasteiger partial charge in [-0.05, 0) is 19.8 Å². The van der Waals surface area contributed by atoms with Crippen LogP contribution in [-0.4, -0.2) is 6.61 Å². The third-order valence-corrected chi connectivity index (χ3v) is 0.387. The lowest BCUT2D eigenvalue weighted by atomic mass is 10.9. The predicted molar refractivity (Wildman–Crippen MR) is 36.0 cm³/mol. The first kappa shape index (κ1) is 9.40. The highest BCUT2D eigenvalue weighted by Gasteiger charge is 1.53. The molecular weight excluding hydrogens is 199 g/mol. The molecule has 0 saturated heterocycles. The molecule has 0 bridgehead atoms. The SMILES string of the molecule is CCOS.I. The Bertz CT molecular complexity index is 11.6. The zero-order valence-corrected chi connectivity index (χ0v) is 6.20. The summed E-state index contributed by atoms with van der Waals surface area (Å²) in [4.78, 5) is 0. The van der Waals surface area contributed by atoms with Crippen molar-refractivity contribution in [3.05, 3.63) is 0 Å². The molecule has 0 heterocycles. The van der Waals surface area contributed by atoms with Crippen LogP contribution >= 0.6 is 36.9 Å². The van der Waals surface area contributed by atoms with Crippen molar-refractivity contribution in [1.29, 1.82) is 0 Å². The van der Waals surface area contributed by atoms with E-state index in [1.807, 2.05) is 6.92 Å². The maximum absolute atomic E-state index is 4.24. The van der Waals surface area contributed by atoms with Gasteiger partial charge in [0, 0.05) is 0 Å². The Kier molecular flexibility index (Phi) is 16.7. The summed E-state index contributed by atoms with van der Waals surface area (Å²) in [5.41, 5.74) is 0. The lowest BCUT2D eigenvalue weighted by Crippen LogP contribution is -1.64. The average Bonchev–Trinajstić information content (AvgIpc) is 1.37. The number of hydrogen-bond acceptors (Lipinski definition) is 2. The predicted octanol–water partition coefficient (Wildman–Crippen LogP) is 1.49. The van der Waals surface area contributed by atoms with Crippen molar-refractivity contribution in [3.8, 4) is 0 Å². The van der Waals surface area contributed by atoms with Gasteiger partial charge in [-0.3, -0.25) is 0 Å². The van der Waals surface area contributed by atoms with E-state index in [-0.39, 0.29) is 24.0 Å². The van der Waals surface area contributed by atoms with E-state index in [2.05, 4.69) is 17.1 Å². The minimum Gasteiger partial charge on any atom is -0.319 e. The Hall–Kier alpha value is 1.04. The Labute approximate surface area is 54.7 Å². The zero-order valence-electron chi connectivity index (χ0n) is 2.97. The van der Waals surface area contributed by atoms with Gasteiger partial charge in [0.2, 0.25) is 0 Å². The molecule has 0 aliphatic carbocycles. The highest BCUT2D eigenvalue weighted by molar-refractivity contribution is 14.0. The Balaban J connectivity index is 0. The van der Waals surface area contributed by atoms with Crippen molar-refractivity contribution in [1.82, 2.24) is 0 Å². The molecule has 0 atom stereocenters. The van der Waals surface area contributed by atoms with Crippen LogP contribution in [-0.2, 0) is 4.18 Å². The molecule has 0 aromatic heterocycles. The van der Waals surface area contributed by atoms with Gasteiger partial charge in [0.05, 0.1) is 6.61 Å². The van der Waals surface area contributed by atoms with E-state index in [0.717, 1.165) is 0 Å². The molecule has 0 aromatic carbocycles. The summed E-state index contributed by atoms with van der Waals surface area (Å²) in [6, 6.07) is 0. The van der Waals surface area contributed by atoms with Crippen LogP contribution in [0.1, 0.15) is 6.92 Å². The third kappa shape index (κ3) is 11.2. The third-order valence-electron chi connectivity index (χ3n) is 0.129. The molecule has 3 heteroatoms. The number of halogens is 1. The number of thiol groups is 1. The standard InChI is InChI=1S/C2H6OS.HI/c1-2-3-4;/h4H,2H2,1H3;1H. The van der Waals surface area contributed by atoms with Crippen LogP contribution in [0.3, 0.4) is 0 Å². The maximum Gasteiger partial charge on any atom is 0.0582 e. The van der Waals surface area contributed by atoms with Gasteiger partial charge in [-0.25, -0.2) is 0 Å². The topological polar surface area (TPSA) is 9.23 Å². The Morgan fingerprint density at radius 2 is 2.00 bits per heavy atom. The second-order valence-corrected chi connectivity index (χ2v) is 0.676. The summed E-state index contributed by atoms with van der Waals surface area (Å²) in [5, 5.41) is 0. The summed E-state index contributed by atoms with van der Waals surface area (Å²) in [7, 11) is 0. The molecule has 0 aliphatic rings. The van der Waals surface area contributed by atoms with E-state index in [1.165, 1.54) is 0 Å². The van der Waals surface area contributed by atoms with Crippen molar-refractivity contribution in [2.75, 3.05) is 6.61 Å². The van der Waals surface area contributed by atoms with E-state index in [0.29, 0.717) is 6.61 Å². The average molecular weight is 206 g/mol. The zero-order chi connectivity index (χ0) is 3.41. The van der Waals surface area contributed by atoms with Gasteiger partial charge in [0.1, 0.15) is 0 Å². The van der Waals surface area contributed by atoms with E-state index < -0.39 is 0 Å². The van der Waals surface area contributed by atoms with E-state index in [9.17, 15) is 0 Å². The van der Waals surface area contributed by atoms with Crippen molar-refractivity contribution in [2.45, 2.75) is 6.92 Å². The van der Waals surface area contributed by atoms with Gasteiger partial charge >= 0.3 is 0 Å². The van der Waals surface area contributed by atoms with Crippen molar-refractivity contribution in [2.24, 2.45) is 0 Å². The van der Waals surface area contributed by atoms with Crippen LogP contribution in [0.4, 0.5) is 0 Å². The van der Waals surface area contributed by atoms with Gasteiger partial charge in [-0.15, -0.1) is 24.0 Å². The highest BCUT2D eigenvalue weighted by atomic mass is 127. The molecule has 0 N–H and O–H groups in total. The van der Waals surface area contributed by atoms with Crippen LogP contribution in [0.5, 0.6) is 0 Å². The molecular formula is C2H7IOS. The summed E-state index contributed by atoms with van der Waals surface area (Å²) in [6.45, 7) is 2.57. The maximum atomic E-state index is 4.24. The smallest absolute Gasteiger partial charge is 0.0582 e. The van der Waals surface area contributed by atoms with Crippen molar-refractivity contribution >= 4 is 36.9 Å². The lowest BCUT2D eigenvalue weighted by molar-refractivity contribution is 0.410. The number of hydrogen-bond donors (Lipinski definition) is 1. The van der Waals surface area contributed by atoms with Crippen LogP contribution in [0.2, 0.25) is 0 Å². The minimum absolute atomic E-state index is 0. The highest BCUT2D eigenvalue weighted by Crippen LogP contribution is 1.69. The molecule has 0 aliphatic heterocycles. The largest absolute Gasteiger partial charge is 0.319 e. The second kappa shape index (κ2) is 8.90. The lowest BCUT2D eigenvalue weighted by Gasteiger charge is -1.73. The summed E-state index contributed by atoms with van der Waals surface area (Å²) in [6.07, 6.45) is 0. The van der Waals surface area contributed by atoms with Gasteiger partial charge in [-0.1, -0.05) is 0 Å². The van der Waals surface area contributed by atoms with Crippen LogP contribution in [0.25, 0.3) is 0 Å². The molecule has 0 amide bonds. The Morgan fingerprint density at radius 3 is 2.00 bits per heavy atom. The molecule has 0 rings (SSSR count). The first-order chi connectivity index (χ1) is 1.91. The second-order valence-electron chi connectivity index (χ2n) is 0.418. The fourth-order valence-electron chi connectivity index (χ4n) is 0. The number of rotatable bonds is 1. The molecule has 0 aromatic rings. The fourth-order valence-corrected chi connectivity index (χ4v) is 0. The Morgan fingerprint density at radius 1 is 1.80 bits per heavy atom.